The lowest BCUT2D eigenvalue weighted by Gasteiger charge is -2.12. The van der Waals surface area contributed by atoms with E-state index in [0.717, 1.165) is 16.9 Å². The van der Waals surface area contributed by atoms with Gasteiger partial charge in [0.25, 0.3) is 0 Å². The number of hydrogen-bond donors (Lipinski definition) is 0. The fourth-order valence-corrected chi connectivity index (χ4v) is 1.86. The molecule has 0 aliphatic rings. The van der Waals surface area contributed by atoms with Gasteiger partial charge >= 0.3 is 5.97 Å². The summed E-state index contributed by atoms with van der Waals surface area (Å²) < 4.78 is 10.7. The molecular formula is C18H18O3. The van der Waals surface area contributed by atoms with Crippen LogP contribution in [-0.4, -0.2) is 19.2 Å². The molecule has 0 saturated carbocycles. The molecule has 2 aromatic carbocycles. The molecular weight excluding hydrogens is 264 g/mol. The summed E-state index contributed by atoms with van der Waals surface area (Å²) in [5.74, 6) is 0.380. The Morgan fingerprint density at radius 2 is 1.67 bits per heavy atom. The molecule has 0 bridgehead atoms. The van der Waals surface area contributed by atoms with E-state index in [1.165, 1.54) is 0 Å². The second-order valence-electron chi connectivity index (χ2n) is 4.63. The lowest BCUT2D eigenvalue weighted by Crippen LogP contribution is -2.12. The Morgan fingerprint density at radius 1 is 1.00 bits per heavy atom. The van der Waals surface area contributed by atoms with Gasteiger partial charge in [-0.2, -0.15) is 0 Å². The third-order valence-corrected chi connectivity index (χ3v) is 2.89. The van der Waals surface area contributed by atoms with Gasteiger partial charge in [-0.15, -0.1) is 0 Å². The summed E-state index contributed by atoms with van der Waals surface area (Å²) in [6, 6.07) is 17.8. The van der Waals surface area contributed by atoms with Gasteiger partial charge in [0.1, 0.15) is 19.0 Å². The molecule has 3 heteroatoms. The SMILES string of the molecule is C=C(C)C(=O)OCCOc1ccccc1-c1ccccc1. The van der Waals surface area contributed by atoms with E-state index in [1.807, 2.05) is 54.6 Å². The molecule has 0 fully saturated rings. The summed E-state index contributed by atoms with van der Waals surface area (Å²) in [4.78, 5) is 11.3. The van der Waals surface area contributed by atoms with Crippen molar-refractivity contribution in [1.29, 1.82) is 0 Å². The van der Waals surface area contributed by atoms with Gasteiger partial charge in [-0.05, 0) is 18.6 Å². The van der Waals surface area contributed by atoms with Crippen LogP contribution in [0.1, 0.15) is 6.92 Å². The topological polar surface area (TPSA) is 35.5 Å². The number of rotatable bonds is 6. The van der Waals surface area contributed by atoms with Gasteiger partial charge in [0, 0.05) is 11.1 Å². The van der Waals surface area contributed by atoms with E-state index < -0.39 is 5.97 Å². The van der Waals surface area contributed by atoms with Crippen LogP contribution < -0.4 is 4.74 Å². The average molecular weight is 282 g/mol. The van der Waals surface area contributed by atoms with Crippen molar-refractivity contribution in [1.82, 2.24) is 0 Å². The van der Waals surface area contributed by atoms with E-state index in [-0.39, 0.29) is 6.61 Å². The van der Waals surface area contributed by atoms with Gasteiger partial charge in [-0.1, -0.05) is 55.1 Å². The zero-order chi connectivity index (χ0) is 15.1. The molecule has 0 spiro atoms. The Morgan fingerprint density at radius 3 is 2.38 bits per heavy atom. The van der Waals surface area contributed by atoms with Crippen LogP contribution in [0.25, 0.3) is 11.1 Å². The molecule has 0 radical (unpaired) electrons. The van der Waals surface area contributed by atoms with Crippen LogP contribution in [0.2, 0.25) is 0 Å². The summed E-state index contributed by atoms with van der Waals surface area (Å²) in [5, 5.41) is 0. The molecule has 0 aromatic heterocycles. The molecule has 108 valence electrons. The van der Waals surface area contributed by atoms with Crippen LogP contribution in [0, 0.1) is 0 Å². The third kappa shape index (κ3) is 4.21. The Balaban J connectivity index is 1.98. The Labute approximate surface area is 124 Å². The van der Waals surface area contributed by atoms with E-state index in [4.69, 9.17) is 9.47 Å². The lowest BCUT2D eigenvalue weighted by molar-refractivity contribution is -0.139. The second-order valence-corrected chi connectivity index (χ2v) is 4.63. The van der Waals surface area contributed by atoms with Gasteiger partial charge in [0.2, 0.25) is 0 Å². The molecule has 21 heavy (non-hydrogen) atoms. The highest BCUT2D eigenvalue weighted by Crippen LogP contribution is 2.29. The fraction of sp³-hybridized carbons (Fsp3) is 0.167. The van der Waals surface area contributed by atoms with E-state index in [0.29, 0.717) is 12.2 Å². The first-order valence-electron chi connectivity index (χ1n) is 6.78. The maximum absolute atomic E-state index is 11.3. The van der Waals surface area contributed by atoms with E-state index in [9.17, 15) is 4.79 Å². The molecule has 0 atom stereocenters. The number of carbonyl (C=O) groups excluding carboxylic acids is 1. The van der Waals surface area contributed by atoms with E-state index in [1.54, 1.807) is 6.92 Å². The third-order valence-electron chi connectivity index (χ3n) is 2.89. The van der Waals surface area contributed by atoms with Crippen molar-refractivity contribution in [2.45, 2.75) is 6.92 Å². The van der Waals surface area contributed by atoms with E-state index >= 15 is 0 Å². The largest absolute Gasteiger partial charge is 0.489 e. The van der Waals surface area contributed by atoms with Crippen molar-refractivity contribution >= 4 is 5.97 Å². The summed E-state index contributed by atoms with van der Waals surface area (Å²) in [7, 11) is 0. The average Bonchev–Trinajstić information content (AvgIpc) is 2.52. The normalized spacial score (nSPS) is 9.95. The minimum absolute atomic E-state index is 0.203. The molecule has 0 amide bonds. The smallest absolute Gasteiger partial charge is 0.333 e. The van der Waals surface area contributed by atoms with Crippen molar-refractivity contribution in [3.05, 3.63) is 66.7 Å². The first-order valence-corrected chi connectivity index (χ1v) is 6.78. The molecule has 2 aromatic rings. The van der Waals surface area contributed by atoms with Gasteiger partial charge in [-0.25, -0.2) is 4.79 Å². The molecule has 0 saturated heterocycles. The molecule has 0 aliphatic carbocycles. The van der Waals surface area contributed by atoms with Crippen molar-refractivity contribution in [3.63, 3.8) is 0 Å². The number of hydrogen-bond acceptors (Lipinski definition) is 3. The maximum Gasteiger partial charge on any atom is 0.333 e. The Kier molecular flexibility index (Phi) is 5.16. The molecule has 3 nitrogen and oxygen atoms in total. The molecule has 0 unspecified atom stereocenters. The number of esters is 1. The maximum atomic E-state index is 11.3. The number of ether oxygens (including phenoxy) is 2. The first kappa shape index (κ1) is 14.9. The van der Waals surface area contributed by atoms with Crippen LogP contribution in [0.5, 0.6) is 5.75 Å². The van der Waals surface area contributed by atoms with Gasteiger partial charge < -0.3 is 9.47 Å². The van der Waals surface area contributed by atoms with Gasteiger partial charge in [0.05, 0.1) is 0 Å². The Bertz CT molecular complexity index is 617. The van der Waals surface area contributed by atoms with Crippen molar-refractivity contribution < 1.29 is 14.3 Å². The fourth-order valence-electron chi connectivity index (χ4n) is 1.86. The predicted molar refractivity (Wildman–Crippen MR) is 83.1 cm³/mol. The van der Waals surface area contributed by atoms with Crippen molar-refractivity contribution in [3.8, 4) is 16.9 Å². The zero-order valence-electron chi connectivity index (χ0n) is 12.0. The van der Waals surface area contributed by atoms with Crippen LogP contribution in [0.4, 0.5) is 0 Å². The zero-order valence-corrected chi connectivity index (χ0v) is 12.0. The highest BCUT2D eigenvalue weighted by atomic mass is 16.6. The quantitative estimate of drug-likeness (QED) is 0.458. The van der Waals surface area contributed by atoms with E-state index in [2.05, 4.69) is 6.58 Å². The second kappa shape index (κ2) is 7.29. The summed E-state index contributed by atoms with van der Waals surface area (Å²) in [5.41, 5.74) is 2.50. The summed E-state index contributed by atoms with van der Waals surface area (Å²) in [6.45, 7) is 5.66. The van der Waals surface area contributed by atoms with Crippen LogP contribution in [-0.2, 0) is 9.53 Å². The van der Waals surface area contributed by atoms with Crippen LogP contribution in [0.15, 0.2) is 66.7 Å². The number of para-hydroxylation sites is 1. The molecule has 0 aliphatic heterocycles. The predicted octanol–water partition coefficient (Wildman–Crippen LogP) is 3.85. The van der Waals surface area contributed by atoms with Gasteiger partial charge in [-0.3, -0.25) is 0 Å². The van der Waals surface area contributed by atoms with Crippen LogP contribution in [0.3, 0.4) is 0 Å². The molecule has 0 heterocycles. The lowest BCUT2D eigenvalue weighted by atomic mass is 10.1. The standard InChI is InChI=1S/C18H18O3/c1-14(2)18(19)21-13-12-20-17-11-7-6-10-16(17)15-8-4-3-5-9-15/h3-11H,1,12-13H2,2H3. The highest BCUT2D eigenvalue weighted by Gasteiger charge is 2.06. The van der Waals surface area contributed by atoms with Crippen LogP contribution >= 0.6 is 0 Å². The highest BCUT2D eigenvalue weighted by molar-refractivity contribution is 5.86. The van der Waals surface area contributed by atoms with Crippen molar-refractivity contribution in [2.75, 3.05) is 13.2 Å². The summed E-state index contributed by atoms with van der Waals surface area (Å²) >= 11 is 0. The van der Waals surface area contributed by atoms with Crippen molar-refractivity contribution in [2.24, 2.45) is 0 Å². The summed E-state index contributed by atoms with van der Waals surface area (Å²) in [6.07, 6.45) is 0. The molecule has 0 N–H and O–H groups in total. The number of carbonyl (C=O) groups is 1. The Hall–Kier alpha value is -2.55. The number of benzene rings is 2. The minimum atomic E-state index is -0.394. The monoisotopic (exact) mass is 282 g/mol. The molecule has 2 rings (SSSR count). The first-order chi connectivity index (χ1) is 10.2. The minimum Gasteiger partial charge on any atom is -0.489 e. The van der Waals surface area contributed by atoms with Gasteiger partial charge in [0.15, 0.2) is 0 Å².